The molecule has 3 rings (SSSR count). The van der Waals surface area contributed by atoms with Gasteiger partial charge in [-0.2, -0.15) is 0 Å². The summed E-state index contributed by atoms with van der Waals surface area (Å²) in [6, 6.07) is 21.3. The predicted molar refractivity (Wildman–Crippen MR) is 105 cm³/mol. The van der Waals surface area contributed by atoms with Crippen molar-refractivity contribution >= 4 is 38.6 Å². The summed E-state index contributed by atoms with van der Waals surface area (Å²) in [5.41, 5.74) is 1.83. The summed E-state index contributed by atoms with van der Waals surface area (Å²) in [5.74, 6) is -0.666. The second-order valence-corrected chi connectivity index (χ2v) is 6.79. The van der Waals surface area contributed by atoms with Crippen LogP contribution in [0.3, 0.4) is 0 Å². The number of esters is 1. The summed E-state index contributed by atoms with van der Waals surface area (Å²) in [5, 5.41) is 4.75. The van der Waals surface area contributed by atoms with Crippen LogP contribution in [-0.2, 0) is 27.4 Å². The van der Waals surface area contributed by atoms with Gasteiger partial charge in [0.15, 0.2) is 0 Å². The van der Waals surface area contributed by atoms with E-state index in [4.69, 9.17) is 4.74 Å². The van der Waals surface area contributed by atoms with Crippen LogP contribution in [0.5, 0.6) is 0 Å². The van der Waals surface area contributed by atoms with Crippen molar-refractivity contribution in [2.45, 2.75) is 13.0 Å². The Morgan fingerprint density at radius 2 is 1.65 bits per heavy atom. The third-order valence-electron chi connectivity index (χ3n) is 3.97. The number of carbonyl (C=O) groups excluding carboxylic acids is 2. The lowest BCUT2D eigenvalue weighted by Crippen LogP contribution is -2.31. The smallest absolute Gasteiger partial charge is 0.325 e. The molecule has 0 spiro atoms. The zero-order chi connectivity index (χ0) is 18.4. The first-order valence-electron chi connectivity index (χ1n) is 8.25. The Balaban J connectivity index is 1.49. The molecule has 0 atom stereocenters. The van der Waals surface area contributed by atoms with Gasteiger partial charge >= 0.3 is 5.97 Å². The van der Waals surface area contributed by atoms with Gasteiger partial charge in [-0.25, -0.2) is 0 Å². The zero-order valence-electron chi connectivity index (χ0n) is 14.1. The van der Waals surface area contributed by atoms with Crippen LogP contribution in [0.25, 0.3) is 10.8 Å². The molecule has 0 saturated carbocycles. The topological polar surface area (TPSA) is 55.4 Å². The van der Waals surface area contributed by atoms with Crippen LogP contribution in [-0.4, -0.2) is 18.4 Å². The van der Waals surface area contributed by atoms with Crippen molar-refractivity contribution in [3.63, 3.8) is 0 Å². The largest absolute Gasteiger partial charge is 0.460 e. The van der Waals surface area contributed by atoms with E-state index in [1.165, 1.54) is 0 Å². The Morgan fingerprint density at radius 3 is 2.46 bits per heavy atom. The summed E-state index contributed by atoms with van der Waals surface area (Å²) in [4.78, 5) is 24.0. The van der Waals surface area contributed by atoms with E-state index < -0.39 is 5.97 Å². The minimum Gasteiger partial charge on any atom is -0.460 e. The summed E-state index contributed by atoms with van der Waals surface area (Å²) < 4.78 is 6.14. The zero-order valence-corrected chi connectivity index (χ0v) is 15.7. The quantitative estimate of drug-likeness (QED) is 0.623. The number of benzene rings is 3. The molecule has 4 nitrogen and oxygen atoms in total. The summed E-state index contributed by atoms with van der Waals surface area (Å²) in [6.07, 6.45) is 0.224. The molecule has 0 aliphatic carbocycles. The highest BCUT2D eigenvalue weighted by atomic mass is 79.9. The van der Waals surface area contributed by atoms with E-state index >= 15 is 0 Å². The first kappa shape index (κ1) is 18.1. The van der Waals surface area contributed by atoms with Crippen molar-refractivity contribution in [3.05, 3.63) is 82.3 Å². The molecule has 26 heavy (non-hydrogen) atoms. The maximum atomic E-state index is 12.1. The van der Waals surface area contributed by atoms with Crippen molar-refractivity contribution in [1.29, 1.82) is 0 Å². The van der Waals surface area contributed by atoms with Crippen LogP contribution in [0.4, 0.5) is 0 Å². The van der Waals surface area contributed by atoms with Gasteiger partial charge in [0.2, 0.25) is 5.91 Å². The van der Waals surface area contributed by atoms with Gasteiger partial charge in [-0.15, -0.1) is 0 Å². The number of halogens is 1. The van der Waals surface area contributed by atoms with E-state index in [2.05, 4.69) is 21.2 Å². The average molecular weight is 412 g/mol. The average Bonchev–Trinajstić information content (AvgIpc) is 2.66. The lowest BCUT2D eigenvalue weighted by molar-refractivity contribution is -0.145. The fourth-order valence-electron chi connectivity index (χ4n) is 2.65. The van der Waals surface area contributed by atoms with Gasteiger partial charge in [0.1, 0.15) is 13.2 Å². The molecule has 0 aliphatic heterocycles. The molecule has 0 heterocycles. The second-order valence-electron chi connectivity index (χ2n) is 5.88. The summed E-state index contributed by atoms with van der Waals surface area (Å²) in [6.45, 7) is 0.0471. The van der Waals surface area contributed by atoms with Gasteiger partial charge in [0, 0.05) is 4.47 Å². The Kier molecular flexibility index (Phi) is 6.02. The standard InChI is InChI=1S/C21H18BrNO3/c22-18-10-8-15(9-11-18)14-26-21(25)13-23-20(24)12-17-6-3-5-16-4-1-2-7-19(16)17/h1-11H,12-14H2,(H,23,24). The van der Waals surface area contributed by atoms with E-state index in [0.717, 1.165) is 26.4 Å². The first-order chi connectivity index (χ1) is 12.6. The SMILES string of the molecule is O=C(Cc1cccc2ccccc12)NCC(=O)OCc1ccc(Br)cc1. The van der Waals surface area contributed by atoms with Crippen LogP contribution in [0.1, 0.15) is 11.1 Å². The van der Waals surface area contributed by atoms with Gasteiger partial charge < -0.3 is 10.1 Å². The third-order valence-corrected chi connectivity index (χ3v) is 4.50. The number of amides is 1. The van der Waals surface area contributed by atoms with Crippen LogP contribution in [0, 0.1) is 0 Å². The first-order valence-corrected chi connectivity index (χ1v) is 9.04. The second kappa shape index (κ2) is 8.63. The predicted octanol–water partition coefficient (Wildman–Crippen LogP) is 4.00. The van der Waals surface area contributed by atoms with Crippen LogP contribution in [0.15, 0.2) is 71.2 Å². The van der Waals surface area contributed by atoms with E-state index in [1.807, 2.05) is 66.7 Å². The van der Waals surface area contributed by atoms with Gasteiger partial charge in [-0.1, -0.05) is 70.5 Å². The molecule has 0 bridgehead atoms. The molecular formula is C21H18BrNO3. The fraction of sp³-hybridized carbons (Fsp3) is 0.143. The number of rotatable bonds is 6. The maximum Gasteiger partial charge on any atom is 0.325 e. The normalized spacial score (nSPS) is 10.5. The molecular weight excluding hydrogens is 394 g/mol. The molecule has 0 aliphatic rings. The van der Waals surface area contributed by atoms with Gasteiger partial charge in [-0.3, -0.25) is 9.59 Å². The Hall–Kier alpha value is -2.66. The van der Waals surface area contributed by atoms with E-state index in [0.29, 0.717) is 0 Å². The number of fused-ring (bicyclic) bond motifs is 1. The van der Waals surface area contributed by atoms with Crippen molar-refractivity contribution in [1.82, 2.24) is 5.32 Å². The van der Waals surface area contributed by atoms with Crippen molar-refractivity contribution in [2.24, 2.45) is 0 Å². The molecule has 1 N–H and O–H groups in total. The molecule has 0 saturated heterocycles. The molecule has 1 amide bonds. The number of nitrogens with one attached hydrogen (secondary N) is 1. The molecule has 0 unspecified atom stereocenters. The van der Waals surface area contributed by atoms with E-state index in [1.54, 1.807) is 0 Å². The van der Waals surface area contributed by atoms with Crippen molar-refractivity contribution in [3.8, 4) is 0 Å². The minimum absolute atomic E-state index is 0.139. The van der Waals surface area contributed by atoms with Gasteiger partial charge in [-0.05, 0) is 34.0 Å². The lowest BCUT2D eigenvalue weighted by Gasteiger charge is -2.08. The van der Waals surface area contributed by atoms with Gasteiger partial charge in [0.05, 0.1) is 6.42 Å². The molecule has 0 radical (unpaired) electrons. The number of hydrogen-bond donors (Lipinski definition) is 1. The molecule has 3 aromatic rings. The van der Waals surface area contributed by atoms with Crippen LogP contribution in [0.2, 0.25) is 0 Å². The Labute approximate surface area is 160 Å². The Bertz CT molecular complexity index is 917. The monoisotopic (exact) mass is 411 g/mol. The van der Waals surface area contributed by atoms with E-state index in [9.17, 15) is 9.59 Å². The number of carbonyl (C=O) groups is 2. The number of hydrogen-bond acceptors (Lipinski definition) is 3. The van der Waals surface area contributed by atoms with Crippen LogP contribution >= 0.6 is 15.9 Å². The third kappa shape index (κ3) is 4.92. The maximum absolute atomic E-state index is 12.1. The summed E-state index contributed by atoms with van der Waals surface area (Å²) >= 11 is 3.35. The lowest BCUT2D eigenvalue weighted by atomic mass is 10.0. The highest BCUT2D eigenvalue weighted by molar-refractivity contribution is 9.10. The molecule has 3 aromatic carbocycles. The summed E-state index contributed by atoms with van der Waals surface area (Å²) in [7, 11) is 0. The van der Waals surface area contributed by atoms with E-state index in [-0.39, 0.29) is 25.5 Å². The fourth-order valence-corrected chi connectivity index (χ4v) is 2.91. The van der Waals surface area contributed by atoms with Crippen molar-refractivity contribution in [2.75, 3.05) is 6.54 Å². The van der Waals surface area contributed by atoms with Crippen molar-refractivity contribution < 1.29 is 14.3 Å². The molecule has 0 aromatic heterocycles. The van der Waals surface area contributed by atoms with Gasteiger partial charge in [0.25, 0.3) is 0 Å². The number of ether oxygens (including phenoxy) is 1. The molecule has 0 fully saturated rings. The molecule has 5 heteroatoms. The minimum atomic E-state index is -0.459. The highest BCUT2D eigenvalue weighted by Crippen LogP contribution is 2.18. The van der Waals surface area contributed by atoms with Crippen LogP contribution < -0.4 is 5.32 Å². The highest BCUT2D eigenvalue weighted by Gasteiger charge is 2.09. The Morgan fingerprint density at radius 1 is 0.923 bits per heavy atom. The molecule has 132 valence electrons.